The van der Waals surface area contributed by atoms with E-state index in [-0.39, 0.29) is 11.4 Å². The predicted molar refractivity (Wildman–Crippen MR) is 75.7 cm³/mol. The van der Waals surface area contributed by atoms with Crippen molar-refractivity contribution in [2.45, 2.75) is 52.1 Å². The van der Waals surface area contributed by atoms with Gasteiger partial charge in [0, 0.05) is 0 Å². The van der Waals surface area contributed by atoms with Crippen LogP contribution in [-0.4, -0.2) is 11.4 Å². The van der Waals surface area contributed by atoms with Crippen LogP contribution in [0.5, 0.6) is 5.75 Å². The lowest BCUT2D eigenvalue weighted by Crippen LogP contribution is -2.51. The summed E-state index contributed by atoms with van der Waals surface area (Å²) in [6, 6.07) is 5.96. The number of Topliss-reactive ketones (excluding diaryl/α,β-unsaturated/α-hetero) is 1. The molecule has 3 unspecified atom stereocenters. The molecule has 1 spiro atoms. The third-order valence-corrected chi connectivity index (χ3v) is 5.15. The van der Waals surface area contributed by atoms with Crippen molar-refractivity contribution in [2.24, 2.45) is 11.8 Å². The Morgan fingerprint density at radius 3 is 2.89 bits per heavy atom. The van der Waals surface area contributed by atoms with Gasteiger partial charge in [-0.05, 0) is 43.7 Å². The van der Waals surface area contributed by atoms with E-state index in [1.54, 1.807) is 0 Å². The number of carbonyl (C=O) groups is 1. The van der Waals surface area contributed by atoms with Crippen molar-refractivity contribution in [1.29, 1.82) is 0 Å². The molecule has 3 atom stereocenters. The smallest absolute Gasteiger partial charge is 0.170 e. The molecule has 19 heavy (non-hydrogen) atoms. The van der Waals surface area contributed by atoms with Crippen LogP contribution in [0.15, 0.2) is 18.2 Å². The van der Waals surface area contributed by atoms with E-state index < -0.39 is 0 Å². The van der Waals surface area contributed by atoms with Crippen molar-refractivity contribution >= 4 is 5.78 Å². The first-order valence-corrected chi connectivity index (χ1v) is 7.35. The monoisotopic (exact) mass is 258 g/mol. The Morgan fingerprint density at radius 2 is 2.11 bits per heavy atom. The maximum atomic E-state index is 12.5. The highest BCUT2D eigenvalue weighted by molar-refractivity contribution is 6.00. The maximum Gasteiger partial charge on any atom is 0.170 e. The number of ketones is 1. The van der Waals surface area contributed by atoms with Crippen molar-refractivity contribution in [2.75, 3.05) is 0 Å². The molecule has 2 nitrogen and oxygen atoms in total. The molecule has 0 amide bonds. The molecule has 0 bridgehead atoms. The van der Waals surface area contributed by atoms with E-state index in [0.717, 1.165) is 23.3 Å². The lowest BCUT2D eigenvalue weighted by atomic mass is 9.67. The lowest BCUT2D eigenvalue weighted by Gasteiger charge is -2.47. The Labute approximate surface area is 115 Å². The van der Waals surface area contributed by atoms with Crippen LogP contribution >= 0.6 is 0 Å². The highest BCUT2D eigenvalue weighted by Crippen LogP contribution is 2.46. The van der Waals surface area contributed by atoms with Gasteiger partial charge in [-0.25, -0.2) is 0 Å². The minimum absolute atomic E-state index is 0.253. The Morgan fingerprint density at radius 1 is 1.32 bits per heavy atom. The molecule has 1 aliphatic carbocycles. The van der Waals surface area contributed by atoms with E-state index in [4.69, 9.17) is 4.74 Å². The summed E-state index contributed by atoms with van der Waals surface area (Å²) in [4.78, 5) is 12.5. The molecular formula is C17H22O2. The summed E-state index contributed by atoms with van der Waals surface area (Å²) in [6.45, 7) is 6.55. The van der Waals surface area contributed by atoms with E-state index in [9.17, 15) is 4.79 Å². The quantitative estimate of drug-likeness (QED) is 0.698. The molecule has 1 heterocycles. The topological polar surface area (TPSA) is 26.3 Å². The number of aryl methyl sites for hydroxylation is 1. The van der Waals surface area contributed by atoms with E-state index in [1.807, 2.05) is 25.1 Å². The maximum absolute atomic E-state index is 12.5. The molecule has 1 saturated carbocycles. The van der Waals surface area contributed by atoms with Crippen molar-refractivity contribution in [3.8, 4) is 5.75 Å². The summed E-state index contributed by atoms with van der Waals surface area (Å²) in [5.74, 6) is 2.13. The van der Waals surface area contributed by atoms with E-state index in [2.05, 4.69) is 13.8 Å². The third kappa shape index (κ3) is 1.98. The lowest BCUT2D eigenvalue weighted by molar-refractivity contribution is -0.0466. The summed E-state index contributed by atoms with van der Waals surface area (Å²) < 4.78 is 6.35. The van der Waals surface area contributed by atoms with Gasteiger partial charge in [0.1, 0.15) is 11.4 Å². The molecule has 0 saturated heterocycles. The predicted octanol–water partition coefficient (Wildman–Crippen LogP) is 4.16. The van der Waals surface area contributed by atoms with Gasteiger partial charge in [-0.2, -0.15) is 0 Å². The number of benzene rings is 1. The second-order valence-corrected chi connectivity index (χ2v) is 6.42. The normalized spacial score (nSPS) is 33.9. The summed E-state index contributed by atoms with van der Waals surface area (Å²) in [5, 5.41) is 0. The fourth-order valence-corrected chi connectivity index (χ4v) is 3.69. The van der Waals surface area contributed by atoms with Crippen molar-refractivity contribution < 1.29 is 9.53 Å². The first-order chi connectivity index (χ1) is 9.02. The van der Waals surface area contributed by atoms with Crippen LogP contribution in [0, 0.1) is 18.8 Å². The van der Waals surface area contributed by atoms with Gasteiger partial charge in [-0.3, -0.25) is 4.79 Å². The van der Waals surface area contributed by atoms with Gasteiger partial charge in [0.2, 0.25) is 0 Å². The van der Waals surface area contributed by atoms with Gasteiger partial charge in [0.05, 0.1) is 12.0 Å². The number of ether oxygens (including phenoxy) is 1. The highest BCUT2D eigenvalue weighted by Gasteiger charge is 2.48. The Kier molecular flexibility index (Phi) is 2.92. The van der Waals surface area contributed by atoms with Crippen molar-refractivity contribution in [3.05, 3.63) is 29.3 Å². The van der Waals surface area contributed by atoms with Crippen LogP contribution in [0.1, 0.15) is 55.5 Å². The largest absolute Gasteiger partial charge is 0.486 e. The Balaban J connectivity index is 2.00. The molecule has 1 fully saturated rings. The zero-order valence-corrected chi connectivity index (χ0v) is 12.0. The zero-order valence-electron chi connectivity index (χ0n) is 12.0. The molecule has 2 heteroatoms. The third-order valence-electron chi connectivity index (χ3n) is 5.15. The molecule has 0 N–H and O–H groups in total. The number of hydrogen-bond donors (Lipinski definition) is 0. The second-order valence-electron chi connectivity index (χ2n) is 6.42. The summed E-state index contributed by atoms with van der Waals surface area (Å²) in [7, 11) is 0. The molecule has 0 radical (unpaired) electrons. The molecule has 1 aliphatic heterocycles. The van der Waals surface area contributed by atoms with E-state index in [0.29, 0.717) is 18.3 Å². The minimum Gasteiger partial charge on any atom is -0.486 e. The fraction of sp³-hybridized carbons (Fsp3) is 0.588. The molecule has 102 valence electrons. The number of hydrogen-bond acceptors (Lipinski definition) is 2. The first-order valence-electron chi connectivity index (χ1n) is 7.35. The van der Waals surface area contributed by atoms with Crippen LogP contribution in [0.4, 0.5) is 0 Å². The minimum atomic E-state index is -0.253. The van der Waals surface area contributed by atoms with Crippen LogP contribution in [0.2, 0.25) is 0 Å². The van der Waals surface area contributed by atoms with Gasteiger partial charge in [-0.15, -0.1) is 0 Å². The Hall–Kier alpha value is -1.31. The summed E-state index contributed by atoms with van der Waals surface area (Å²) in [5.41, 5.74) is 1.64. The molecule has 1 aromatic carbocycles. The van der Waals surface area contributed by atoms with Crippen LogP contribution in [-0.2, 0) is 0 Å². The second kappa shape index (κ2) is 4.36. The highest BCUT2D eigenvalue weighted by atomic mass is 16.5. The number of carbonyl (C=O) groups excluding carboxylic acids is 1. The summed E-state index contributed by atoms with van der Waals surface area (Å²) >= 11 is 0. The van der Waals surface area contributed by atoms with Gasteiger partial charge < -0.3 is 4.74 Å². The average Bonchev–Trinajstić information content (AvgIpc) is 2.37. The number of rotatable bonds is 0. The van der Waals surface area contributed by atoms with Gasteiger partial charge in [0.15, 0.2) is 5.78 Å². The van der Waals surface area contributed by atoms with Gasteiger partial charge in [0.25, 0.3) is 0 Å². The average molecular weight is 258 g/mol. The van der Waals surface area contributed by atoms with Crippen LogP contribution in [0.25, 0.3) is 0 Å². The molecular weight excluding hydrogens is 236 g/mol. The molecule has 3 rings (SSSR count). The molecule has 0 aromatic heterocycles. The SMILES string of the molecule is Cc1ccc2c(c1)C(=O)CC1(CCCC(C)C1C)O2. The van der Waals surface area contributed by atoms with Crippen LogP contribution < -0.4 is 4.74 Å². The number of fused-ring (bicyclic) bond motifs is 1. The molecule has 1 aromatic rings. The van der Waals surface area contributed by atoms with Gasteiger partial charge in [-0.1, -0.05) is 31.9 Å². The standard InChI is InChI=1S/C17H22O2/c1-11-6-7-16-14(9-11)15(18)10-17(19-16)8-4-5-12(2)13(17)3/h6-7,9,12-13H,4-5,8,10H2,1-3H3. The van der Waals surface area contributed by atoms with Crippen molar-refractivity contribution in [1.82, 2.24) is 0 Å². The van der Waals surface area contributed by atoms with Gasteiger partial charge >= 0.3 is 0 Å². The summed E-state index contributed by atoms with van der Waals surface area (Å²) in [6.07, 6.45) is 3.98. The Bertz CT molecular complexity index is 520. The van der Waals surface area contributed by atoms with Crippen molar-refractivity contribution in [3.63, 3.8) is 0 Å². The van der Waals surface area contributed by atoms with E-state index in [1.165, 1.54) is 12.8 Å². The fourth-order valence-electron chi connectivity index (χ4n) is 3.69. The first kappa shape index (κ1) is 12.7. The zero-order chi connectivity index (χ0) is 13.6. The molecule has 2 aliphatic rings. The van der Waals surface area contributed by atoms with E-state index >= 15 is 0 Å². The van der Waals surface area contributed by atoms with Crippen LogP contribution in [0.3, 0.4) is 0 Å².